The van der Waals surface area contributed by atoms with Crippen LogP contribution in [0.4, 0.5) is 0 Å². The molecule has 0 heterocycles. The molecule has 1 saturated carbocycles. The van der Waals surface area contributed by atoms with E-state index in [1.165, 1.54) is 0 Å². The molecule has 0 radical (unpaired) electrons. The van der Waals surface area contributed by atoms with E-state index in [1.54, 1.807) is 0 Å². The van der Waals surface area contributed by atoms with E-state index < -0.39 is 5.97 Å². The highest BCUT2D eigenvalue weighted by atomic mass is 16.4. The zero-order chi connectivity index (χ0) is 13.4. The van der Waals surface area contributed by atoms with Crippen LogP contribution in [0.15, 0.2) is 0 Å². The van der Waals surface area contributed by atoms with Crippen molar-refractivity contribution in [1.29, 1.82) is 0 Å². The largest absolute Gasteiger partial charge is 0.481 e. The second-order valence-electron chi connectivity index (χ2n) is 5.08. The maximum absolute atomic E-state index is 11.5. The van der Waals surface area contributed by atoms with Crippen LogP contribution in [0.5, 0.6) is 0 Å². The highest BCUT2D eigenvalue weighted by molar-refractivity contribution is 5.75. The van der Waals surface area contributed by atoms with Crippen LogP contribution in [-0.2, 0) is 9.59 Å². The number of aliphatic hydroxyl groups excluding tert-OH is 1. The average Bonchev–Trinajstić information content (AvgIpc) is 2.34. The summed E-state index contributed by atoms with van der Waals surface area (Å²) in [6, 6.07) is 0. The minimum atomic E-state index is -0.809. The molecule has 18 heavy (non-hydrogen) atoms. The van der Waals surface area contributed by atoms with E-state index in [4.69, 9.17) is 5.11 Å². The van der Waals surface area contributed by atoms with Crippen molar-refractivity contribution < 1.29 is 19.8 Å². The summed E-state index contributed by atoms with van der Waals surface area (Å²) in [5.41, 5.74) is 0. The van der Waals surface area contributed by atoms with Gasteiger partial charge in [0, 0.05) is 19.4 Å². The zero-order valence-corrected chi connectivity index (χ0v) is 10.7. The van der Waals surface area contributed by atoms with Crippen LogP contribution in [0, 0.1) is 5.92 Å². The Morgan fingerprint density at radius 3 is 2.28 bits per heavy atom. The third kappa shape index (κ3) is 6.59. The Labute approximate surface area is 108 Å². The van der Waals surface area contributed by atoms with Crippen molar-refractivity contribution in [2.75, 3.05) is 6.54 Å². The van der Waals surface area contributed by atoms with Gasteiger partial charge in [0.1, 0.15) is 0 Å². The molecule has 0 atom stereocenters. The van der Waals surface area contributed by atoms with E-state index in [-0.39, 0.29) is 18.4 Å². The van der Waals surface area contributed by atoms with Gasteiger partial charge in [-0.25, -0.2) is 0 Å². The van der Waals surface area contributed by atoms with E-state index in [1.807, 2.05) is 0 Å². The molecule has 0 aliphatic heterocycles. The lowest BCUT2D eigenvalue weighted by Crippen LogP contribution is -2.31. The lowest BCUT2D eigenvalue weighted by Gasteiger charge is -2.25. The van der Waals surface area contributed by atoms with Crippen LogP contribution < -0.4 is 5.32 Å². The number of carbonyl (C=O) groups excluding carboxylic acids is 1. The molecule has 0 aromatic rings. The molecule has 1 aliphatic carbocycles. The molecule has 0 aromatic carbocycles. The molecule has 0 aromatic heterocycles. The summed E-state index contributed by atoms with van der Waals surface area (Å²) in [6.07, 6.45) is 5.17. The number of aliphatic hydroxyl groups is 1. The Kier molecular flexibility index (Phi) is 6.72. The number of amides is 1. The minimum absolute atomic E-state index is 0.00603. The number of hydrogen-bond acceptors (Lipinski definition) is 3. The molecule has 1 amide bonds. The first-order chi connectivity index (χ1) is 8.58. The third-order valence-electron chi connectivity index (χ3n) is 3.45. The van der Waals surface area contributed by atoms with Gasteiger partial charge in [0.15, 0.2) is 0 Å². The minimum Gasteiger partial charge on any atom is -0.481 e. The van der Waals surface area contributed by atoms with Crippen LogP contribution in [0.3, 0.4) is 0 Å². The van der Waals surface area contributed by atoms with Gasteiger partial charge in [0.2, 0.25) is 5.91 Å². The van der Waals surface area contributed by atoms with Gasteiger partial charge in [-0.1, -0.05) is 0 Å². The summed E-state index contributed by atoms with van der Waals surface area (Å²) in [6.45, 7) is 0.685. The Bertz CT molecular complexity index is 272. The molecular formula is C13H23NO4. The van der Waals surface area contributed by atoms with Crippen molar-refractivity contribution in [3.63, 3.8) is 0 Å². The standard InChI is InChI=1S/C13H23NO4/c15-11-7-5-10(6-8-11)9-14-12(16)3-1-2-4-13(17)18/h10-11,15H,1-9H2,(H,14,16)(H,17,18). The van der Waals surface area contributed by atoms with Crippen molar-refractivity contribution in [2.45, 2.75) is 57.5 Å². The highest BCUT2D eigenvalue weighted by Crippen LogP contribution is 2.23. The smallest absolute Gasteiger partial charge is 0.303 e. The average molecular weight is 257 g/mol. The van der Waals surface area contributed by atoms with Crippen molar-refractivity contribution in [3.8, 4) is 0 Å². The summed E-state index contributed by atoms with van der Waals surface area (Å²) in [4.78, 5) is 21.8. The first kappa shape index (κ1) is 15.0. The maximum Gasteiger partial charge on any atom is 0.303 e. The van der Waals surface area contributed by atoms with Crippen molar-refractivity contribution in [3.05, 3.63) is 0 Å². The Morgan fingerprint density at radius 1 is 1.06 bits per heavy atom. The molecule has 3 N–H and O–H groups in total. The van der Waals surface area contributed by atoms with Gasteiger partial charge in [-0.3, -0.25) is 9.59 Å². The van der Waals surface area contributed by atoms with Crippen molar-refractivity contribution >= 4 is 11.9 Å². The monoisotopic (exact) mass is 257 g/mol. The molecule has 5 nitrogen and oxygen atoms in total. The van der Waals surface area contributed by atoms with Gasteiger partial charge in [0.25, 0.3) is 0 Å². The lowest BCUT2D eigenvalue weighted by atomic mass is 9.87. The van der Waals surface area contributed by atoms with E-state index in [9.17, 15) is 14.7 Å². The fraction of sp³-hybridized carbons (Fsp3) is 0.846. The summed E-state index contributed by atoms with van der Waals surface area (Å²) in [7, 11) is 0. The second-order valence-corrected chi connectivity index (χ2v) is 5.08. The Balaban J connectivity index is 2.01. The molecule has 1 fully saturated rings. The predicted molar refractivity (Wildman–Crippen MR) is 67.1 cm³/mol. The molecule has 1 aliphatic rings. The van der Waals surface area contributed by atoms with Crippen LogP contribution in [0.2, 0.25) is 0 Å². The predicted octanol–water partition coefficient (Wildman–Crippen LogP) is 1.30. The SMILES string of the molecule is O=C(O)CCCCC(=O)NCC1CCC(O)CC1. The molecule has 1 rings (SSSR count). The van der Waals surface area contributed by atoms with Crippen LogP contribution >= 0.6 is 0 Å². The Hall–Kier alpha value is -1.10. The molecular weight excluding hydrogens is 234 g/mol. The molecule has 0 bridgehead atoms. The first-order valence-electron chi connectivity index (χ1n) is 6.74. The van der Waals surface area contributed by atoms with Crippen LogP contribution in [-0.4, -0.2) is 34.7 Å². The summed E-state index contributed by atoms with van der Waals surface area (Å²) in [5.74, 6) is -0.320. The molecule has 0 saturated heterocycles. The van der Waals surface area contributed by atoms with Gasteiger partial charge in [-0.2, -0.15) is 0 Å². The van der Waals surface area contributed by atoms with E-state index >= 15 is 0 Å². The fourth-order valence-corrected chi connectivity index (χ4v) is 2.26. The van der Waals surface area contributed by atoms with Gasteiger partial charge in [-0.15, -0.1) is 0 Å². The quantitative estimate of drug-likeness (QED) is 0.600. The van der Waals surface area contributed by atoms with Crippen molar-refractivity contribution in [2.24, 2.45) is 5.92 Å². The molecule has 5 heteroatoms. The highest BCUT2D eigenvalue weighted by Gasteiger charge is 2.19. The van der Waals surface area contributed by atoms with Gasteiger partial charge in [-0.05, 0) is 44.4 Å². The van der Waals surface area contributed by atoms with Gasteiger partial charge < -0.3 is 15.5 Å². The third-order valence-corrected chi connectivity index (χ3v) is 3.45. The van der Waals surface area contributed by atoms with Gasteiger partial charge >= 0.3 is 5.97 Å². The number of carbonyl (C=O) groups is 2. The number of carboxylic acid groups (broad SMARTS) is 1. The number of hydrogen-bond donors (Lipinski definition) is 3. The van der Waals surface area contributed by atoms with Gasteiger partial charge in [0.05, 0.1) is 6.10 Å². The van der Waals surface area contributed by atoms with Crippen LogP contribution in [0.1, 0.15) is 51.4 Å². The molecule has 0 unspecified atom stereocenters. The normalized spacial score (nSPS) is 23.6. The maximum atomic E-state index is 11.5. The number of rotatable bonds is 7. The van der Waals surface area contributed by atoms with Crippen molar-refractivity contribution in [1.82, 2.24) is 5.32 Å². The van der Waals surface area contributed by atoms with E-state index in [2.05, 4.69) is 5.32 Å². The topological polar surface area (TPSA) is 86.6 Å². The number of unbranched alkanes of at least 4 members (excludes halogenated alkanes) is 1. The summed E-state index contributed by atoms with van der Waals surface area (Å²) in [5, 5.41) is 20.7. The van der Waals surface area contributed by atoms with Crippen LogP contribution in [0.25, 0.3) is 0 Å². The summed E-state index contributed by atoms with van der Waals surface area (Å²) >= 11 is 0. The first-order valence-corrected chi connectivity index (χ1v) is 6.74. The molecule has 104 valence electrons. The zero-order valence-electron chi connectivity index (χ0n) is 10.7. The van der Waals surface area contributed by atoms with E-state index in [0.29, 0.717) is 31.7 Å². The number of nitrogens with one attached hydrogen (secondary N) is 1. The lowest BCUT2D eigenvalue weighted by molar-refractivity contribution is -0.137. The Morgan fingerprint density at radius 2 is 1.67 bits per heavy atom. The number of aliphatic carboxylic acids is 1. The molecule has 0 spiro atoms. The summed E-state index contributed by atoms with van der Waals surface area (Å²) < 4.78 is 0. The number of carboxylic acids is 1. The fourth-order valence-electron chi connectivity index (χ4n) is 2.26. The second kappa shape index (κ2) is 8.08. The van der Waals surface area contributed by atoms with E-state index in [0.717, 1.165) is 25.7 Å².